The summed E-state index contributed by atoms with van der Waals surface area (Å²) in [6.07, 6.45) is 0.877. The first-order chi connectivity index (χ1) is 16.1. The van der Waals surface area contributed by atoms with Gasteiger partial charge in [-0.05, 0) is 23.5 Å². The molecule has 1 aliphatic rings. The van der Waals surface area contributed by atoms with E-state index in [1.807, 2.05) is 74.5 Å². The molecule has 1 aliphatic heterocycles. The Morgan fingerprint density at radius 2 is 1.52 bits per heavy atom. The molecule has 0 radical (unpaired) electrons. The molecule has 1 heterocycles. The van der Waals surface area contributed by atoms with Gasteiger partial charge in [0.2, 0.25) is 0 Å². The zero-order valence-electron chi connectivity index (χ0n) is 19.6. The molecular weight excluding hydrogens is 418 g/mol. The van der Waals surface area contributed by atoms with Crippen LogP contribution in [0.5, 0.6) is 0 Å². The van der Waals surface area contributed by atoms with Gasteiger partial charge in [0, 0.05) is 12.5 Å². The van der Waals surface area contributed by atoms with Gasteiger partial charge in [0.1, 0.15) is 5.92 Å². The Bertz CT molecular complexity index is 812. The lowest BCUT2D eigenvalue weighted by molar-refractivity contribution is -0.193. The molecule has 0 aromatic heterocycles. The van der Waals surface area contributed by atoms with Crippen LogP contribution in [0.3, 0.4) is 0 Å². The van der Waals surface area contributed by atoms with E-state index in [0.29, 0.717) is 39.4 Å². The van der Waals surface area contributed by atoms with Gasteiger partial charge in [-0.15, -0.1) is 0 Å². The second-order valence-corrected chi connectivity index (χ2v) is 8.72. The number of nitrogens with one attached hydrogen (secondary N) is 1. The minimum absolute atomic E-state index is 0.132. The molecule has 1 fully saturated rings. The minimum atomic E-state index is -0.672. The lowest BCUT2D eigenvalue weighted by Gasteiger charge is -2.37. The molecule has 2 aromatic carbocycles. The average Bonchev–Trinajstić information content (AvgIpc) is 2.83. The van der Waals surface area contributed by atoms with Crippen LogP contribution >= 0.6 is 0 Å². The van der Waals surface area contributed by atoms with E-state index in [0.717, 1.165) is 17.5 Å². The van der Waals surface area contributed by atoms with Crippen LogP contribution in [0.1, 0.15) is 37.8 Å². The molecule has 1 amide bonds. The molecule has 1 saturated heterocycles. The van der Waals surface area contributed by atoms with Gasteiger partial charge in [0.15, 0.2) is 6.10 Å². The van der Waals surface area contributed by atoms with E-state index in [-0.39, 0.29) is 29.6 Å². The summed E-state index contributed by atoms with van der Waals surface area (Å²) in [5.41, 5.74) is 2.25. The number of ether oxygens (including phenoxy) is 3. The Morgan fingerprint density at radius 1 is 0.970 bits per heavy atom. The van der Waals surface area contributed by atoms with Crippen molar-refractivity contribution < 1.29 is 23.8 Å². The summed E-state index contributed by atoms with van der Waals surface area (Å²) in [7, 11) is 0. The maximum Gasteiger partial charge on any atom is 0.314 e. The van der Waals surface area contributed by atoms with Crippen molar-refractivity contribution >= 4 is 11.9 Å². The lowest BCUT2D eigenvalue weighted by atomic mass is 9.83. The monoisotopic (exact) mass is 453 g/mol. The highest BCUT2D eigenvalue weighted by Gasteiger charge is 2.49. The first-order valence-corrected chi connectivity index (χ1v) is 11.8. The second kappa shape index (κ2) is 13.1. The second-order valence-electron chi connectivity index (χ2n) is 8.72. The third-order valence-electron chi connectivity index (χ3n) is 6.14. The van der Waals surface area contributed by atoms with Gasteiger partial charge in [0.25, 0.3) is 5.91 Å². The highest BCUT2D eigenvalue weighted by molar-refractivity contribution is 5.94. The van der Waals surface area contributed by atoms with Crippen molar-refractivity contribution in [2.45, 2.75) is 46.0 Å². The van der Waals surface area contributed by atoms with Crippen LogP contribution in [0.4, 0.5) is 0 Å². The van der Waals surface area contributed by atoms with Crippen LogP contribution in [0.15, 0.2) is 60.7 Å². The van der Waals surface area contributed by atoms with E-state index >= 15 is 0 Å². The largest absolute Gasteiger partial charge is 0.451 e. The average molecular weight is 454 g/mol. The molecule has 0 spiro atoms. The number of rotatable bonds is 14. The summed E-state index contributed by atoms with van der Waals surface area (Å²) < 4.78 is 17.0. The Balaban J connectivity index is 1.45. The van der Waals surface area contributed by atoms with Crippen LogP contribution < -0.4 is 5.32 Å². The van der Waals surface area contributed by atoms with Gasteiger partial charge in [-0.3, -0.25) is 9.59 Å². The fraction of sp³-hybridized carbons (Fsp3) is 0.481. The molecule has 0 bridgehead atoms. The van der Waals surface area contributed by atoms with E-state index in [2.05, 4.69) is 5.32 Å². The minimum Gasteiger partial charge on any atom is -0.451 e. The van der Waals surface area contributed by atoms with Crippen LogP contribution in [0, 0.1) is 17.8 Å². The zero-order valence-corrected chi connectivity index (χ0v) is 19.6. The zero-order chi connectivity index (χ0) is 23.5. The van der Waals surface area contributed by atoms with Gasteiger partial charge >= 0.3 is 5.97 Å². The van der Waals surface area contributed by atoms with Crippen LogP contribution in [0.2, 0.25) is 0 Å². The summed E-state index contributed by atoms with van der Waals surface area (Å²) >= 11 is 0. The number of carbonyl (C=O) groups is 2. The Labute approximate surface area is 196 Å². The summed E-state index contributed by atoms with van der Waals surface area (Å²) in [5, 5.41) is 2.93. The summed E-state index contributed by atoms with van der Waals surface area (Å²) in [4.78, 5) is 24.3. The smallest absolute Gasteiger partial charge is 0.314 e. The van der Waals surface area contributed by atoms with Gasteiger partial charge in [-0.25, -0.2) is 0 Å². The molecule has 3 unspecified atom stereocenters. The van der Waals surface area contributed by atoms with Gasteiger partial charge < -0.3 is 19.5 Å². The predicted molar refractivity (Wildman–Crippen MR) is 126 cm³/mol. The normalized spacial score (nSPS) is 18.5. The van der Waals surface area contributed by atoms with E-state index in [1.54, 1.807) is 0 Å². The molecule has 0 aliphatic carbocycles. The number of benzene rings is 2. The van der Waals surface area contributed by atoms with Gasteiger partial charge in [-0.1, -0.05) is 80.9 Å². The fourth-order valence-electron chi connectivity index (χ4n) is 3.88. The van der Waals surface area contributed by atoms with Gasteiger partial charge in [0.05, 0.1) is 26.4 Å². The van der Waals surface area contributed by atoms with E-state index in [1.165, 1.54) is 0 Å². The predicted octanol–water partition coefficient (Wildman–Crippen LogP) is 4.13. The van der Waals surface area contributed by atoms with E-state index in [4.69, 9.17) is 14.2 Å². The van der Waals surface area contributed by atoms with Gasteiger partial charge in [-0.2, -0.15) is 0 Å². The maximum atomic E-state index is 12.5. The number of carbonyl (C=O) groups excluding carboxylic acids is 2. The number of amides is 1. The van der Waals surface area contributed by atoms with Crippen LogP contribution in [-0.2, 0) is 37.0 Å². The highest BCUT2D eigenvalue weighted by Crippen LogP contribution is 2.31. The van der Waals surface area contributed by atoms with E-state index < -0.39 is 6.10 Å². The van der Waals surface area contributed by atoms with Crippen LogP contribution in [-0.4, -0.2) is 37.7 Å². The molecule has 1 N–H and O–H groups in total. The Morgan fingerprint density at radius 3 is 2.00 bits per heavy atom. The summed E-state index contributed by atoms with van der Waals surface area (Å²) in [6, 6.07) is 20.1. The standard InChI is InChI=1S/C27H35NO5/c1-3-20(2)24-25(33-27(24)30)26(29)28-15-14-23(18-31-16-21-10-6-4-7-11-21)19-32-17-22-12-8-5-9-13-22/h4-13,20,23-25H,3,14-19H2,1-2H3,(H,28,29). The first kappa shape index (κ1) is 24.9. The maximum absolute atomic E-state index is 12.5. The first-order valence-electron chi connectivity index (χ1n) is 11.8. The summed E-state index contributed by atoms with van der Waals surface area (Å²) in [6.45, 7) is 6.62. The molecule has 3 atom stereocenters. The Hall–Kier alpha value is -2.70. The third-order valence-corrected chi connectivity index (χ3v) is 6.14. The topological polar surface area (TPSA) is 73.9 Å². The number of esters is 1. The molecule has 2 aromatic rings. The summed E-state index contributed by atoms with van der Waals surface area (Å²) in [5.74, 6) is -0.561. The van der Waals surface area contributed by atoms with Crippen molar-refractivity contribution in [1.82, 2.24) is 5.32 Å². The third kappa shape index (κ3) is 7.69. The van der Waals surface area contributed by atoms with Crippen LogP contribution in [0.25, 0.3) is 0 Å². The highest BCUT2D eigenvalue weighted by atomic mass is 16.6. The lowest BCUT2D eigenvalue weighted by Crippen LogP contribution is -2.56. The van der Waals surface area contributed by atoms with Crippen molar-refractivity contribution in [3.05, 3.63) is 71.8 Å². The van der Waals surface area contributed by atoms with Crippen molar-refractivity contribution in [3.63, 3.8) is 0 Å². The van der Waals surface area contributed by atoms with Crippen molar-refractivity contribution in [3.8, 4) is 0 Å². The number of hydrogen-bond acceptors (Lipinski definition) is 5. The number of hydrogen-bond donors (Lipinski definition) is 1. The Kier molecular flexibility index (Phi) is 9.91. The van der Waals surface area contributed by atoms with Crippen molar-refractivity contribution in [2.75, 3.05) is 19.8 Å². The van der Waals surface area contributed by atoms with Crippen molar-refractivity contribution in [2.24, 2.45) is 17.8 Å². The molecular formula is C27H35NO5. The van der Waals surface area contributed by atoms with Crippen molar-refractivity contribution in [1.29, 1.82) is 0 Å². The molecule has 33 heavy (non-hydrogen) atoms. The molecule has 6 heteroatoms. The molecule has 178 valence electrons. The van der Waals surface area contributed by atoms with E-state index in [9.17, 15) is 9.59 Å². The number of cyclic esters (lactones) is 1. The molecule has 3 rings (SSSR count). The molecule has 0 saturated carbocycles. The fourth-order valence-corrected chi connectivity index (χ4v) is 3.88. The quantitative estimate of drug-likeness (QED) is 0.436. The SMILES string of the molecule is CCC(C)C1C(=O)OC1C(=O)NCCC(COCc1ccccc1)COCc1ccccc1. The molecule has 6 nitrogen and oxygen atoms in total.